The van der Waals surface area contributed by atoms with Crippen LogP contribution in [0.1, 0.15) is 34.8 Å². The van der Waals surface area contributed by atoms with Crippen molar-refractivity contribution in [3.05, 3.63) is 59.5 Å². The molecule has 1 saturated heterocycles. The Morgan fingerprint density at radius 3 is 3.00 bits per heavy atom. The Morgan fingerprint density at radius 2 is 2.15 bits per heavy atom. The van der Waals surface area contributed by atoms with E-state index in [0.29, 0.717) is 24.5 Å². The predicted molar refractivity (Wildman–Crippen MR) is 94.2 cm³/mol. The molecule has 134 valence electrons. The molecule has 0 aliphatic carbocycles. The first-order valence-electron chi connectivity index (χ1n) is 8.66. The molecule has 2 aromatic rings. The number of carbonyl (C=O) groups excluding carboxylic acids is 2. The molecule has 2 aliphatic rings. The van der Waals surface area contributed by atoms with Crippen LogP contribution in [0.15, 0.2) is 42.6 Å². The standard InChI is InChI=1S/C19H19FN4O2/c20-15-6-3-8-21-18(15)24-9-7-12(11-24)22-17(25)10-16-13-4-1-2-5-14(13)19(26)23-16/h1-6,8,12,16H,7,9-11H2,(H,22,25)(H,23,26). The van der Waals surface area contributed by atoms with Crippen molar-refractivity contribution in [2.45, 2.75) is 24.9 Å². The van der Waals surface area contributed by atoms with E-state index >= 15 is 0 Å². The van der Waals surface area contributed by atoms with E-state index in [1.807, 2.05) is 23.1 Å². The highest BCUT2D eigenvalue weighted by atomic mass is 19.1. The Labute approximate surface area is 150 Å². The summed E-state index contributed by atoms with van der Waals surface area (Å²) in [5.41, 5.74) is 1.49. The van der Waals surface area contributed by atoms with E-state index in [-0.39, 0.29) is 36.1 Å². The minimum atomic E-state index is -0.357. The predicted octanol–water partition coefficient (Wildman–Crippen LogP) is 1.79. The first-order chi connectivity index (χ1) is 12.6. The van der Waals surface area contributed by atoms with Gasteiger partial charge in [0, 0.05) is 30.9 Å². The minimum absolute atomic E-state index is 0.0590. The first kappa shape index (κ1) is 16.5. The van der Waals surface area contributed by atoms with E-state index in [2.05, 4.69) is 15.6 Å². The molecular formula is C19H19FN4O2. The van der Waals surface area contributed by atoms with Crippen LogP contribution in [0.2, 0.25) is 0 Å². The Kier molecular flexibility index (Phi) is 4.28. The minimum Gasteiger partial charge on any atom is -0.352 e. The van der Waals surface area contributed by atoms with Crippen LogP contribution in [0.3, 0.4) is 0 Å². The Hall–Kier alpha value is -2.96. The number of hydrogen-bond donors (Lipinski definition) is 2. The molecule has 0 saturated carbocycles. The number of halogens is 1. The molecule has 0 radical (unpaired) electrons. The molecule has 2 aliphatic heterocycles. The molecule has 2 atom stereocenters. The second kappa shape index (κ2) is 6.74. The number of carbonyl (C=O) groups is 2. The highest BCUT2D eigenvalue weighted by Crippen LogP contribution is 2.27. The van der Waals surface area contributed by atoms with E-state index in [0.717, 1.165) is 12.0 Å². The number of amides is 2. The number of aromatic nitrogens is 1. The average Bonchev–Trinajstić information content (AvgIpc) is 3.21. The van der Waals surface area contributed by atoms with Gasteiger partial charge in [0.2, 0.25) is 5.91 Å². The van der Waals surface area contributed by atoms with Crippen molar-refractivity contribution in [2.24, 2.45) is 0 Å². The number of nitrogens with one attached hydrogen (secondary N) is 2. The first-order valence-corrected chi connectivity index (χ1v) is 8.66. The lowest BCUT2D eigenvalue weighted by molar-refractivity contribution is -0.122. The molecule has 3 heterocycles. The summed E-state index contributed by atoms with van der Waals surface area (Å²) in [7, 11) is 0. The zero-order valence-electron chi connectivity index (χ0n) is 14.1. The van der Waals surface area contributed by atoms with Gasteiger partial charge in [-0.05, 0) is 30.2 Å². The molecule has 26 heavy (non-hydrogen) atoms. The molecule has 1 fully saturated rings. The second-order valence-corrected chi connectivity index (χ2v) is 6.63. The van der Waals surface area contributed by atoms with E-state index < -0.39 is 0 Å². The zero-order chi connectivity index (χ0) is 18.1. The zero-order valence-corrected chi connectivity index (χ0v) is 14.1. The number of benzene rings is 1. The summed E-state index contributed by atoms with van der Waals surface area (Å²) in [5, 5.41) is 5.84. The quantitative estimate of drug-likeness (QED) is 0.878. The van der Waals surface area contributed by atoms with Gasteiger partial charge in [-0.1, -0.05) is 18.2 Å². The maximum absolute atomic E-state index is 13.8. The average molecular weight is 354 g/mol. The van der Waals surface area contributed by atoms with Gasteiger partial charge in [-0.25, -0.2) is 9.37 Å². The normalized spacial score (nSPS) is 21.4. The number of rotatable bonds is 4. The summed E-state index contributed by atoms with van der Waals surface area (Å²) in [6.07, 6.45) is 2.48. The van der Waals surface area contributed by atoms with E-state index in [4.69, 9.17) is 0 Å². The van der Waals surface area contributed by atoms with Gasteiger partial charge in [-0.15, -0.1) is 0 Å². The van der Waals surface area contributed by atoms with Crippen molar-refractivity contribution in [2.75, 3.05) is 18.0 Å². The van der Waals surface area contributed by atoms with Crippen LogP contribution < -0.4 is 15.5 Å². The lowest BCUT2D eigenvalue weighted by atomic mass is 10.0. The molecule has 4 rings (SSSR count). The molecular weight excluding hydrogens is 335 g/mol. The van der Waals surface area contributed by atoms with Gasteiger partial charge >= 0.3 is 0 Å². The van der Waals surface area contributed by atoms with Crippen molar-refractivity contribution in [3.8, 4) is 0 Å². The van der Waals surface area contributed by atoms with Gasteiger partial charge in [0.05, 0.1) is 12.5 Å². The maximum atomic E-state index is 13.8. The fraction of sp³-hybridized carbons (Fsp3) is 0.316. The van der Waals surface area contributed by atoms with Crippen molar-refractivity contribution < 1.29 is 14.0 Å². The summed E-state index contributed by atoms with van der Waals surface area (Å²) in [4.78, 5) is 30.3. The fourth-order valence-electron chi connectivity index (χ4n) is 3.63. The third kappa shape index (κ3) is 3.12. The van der Waals surface area contributed by atoms with Crippen LogP contribution in [0.5, 0.6) is 0 Å². The smallest absolute Gasteiger partial charge is 0.252 e. The van der Waals surface area contributed by atoms with Crippen molar-refractivity contribution in [1.29, 1.82) is 0 Å². The Morgan fingerprint density at radius 1 is 1.31 bits per heavy atom. The number of hydrogen-bond acceptors (Lipinski definition) is 4. The largest absolute Gasteiger partial charge is 0.352 e. The van der Waals surface area contributed by atoms with Crippen LogP contribution in [0, 0.1) is 5.82 Å². The number of anilines is 1. The number of nitrogens with zero attached hydrogens (tertiary/aromatic N) is 2. The van der Waals surface area contributed by atoms with Gasteiger partial charge in [0.1, 0.15) is 0 Å². The Balaban J connectivity index is 1.35. The summed E-state index contributed by atoms with van der Waals surface area (Å²) in [6.45, 7) is 1.16. The summed E-state index contributed by atoms with van der Waals surface area (Å²) < 4.78 is 13.8. The van der Waals surface area contributed by atoms with Gasteiger partial charge < -0.3 is 15.5 Å². The van der Waals surface area contributed by atoms with Crippen molar-refractivity contribution >= 4 is 17.6 Å². The topological polar surface area (TPSA) is 74.3 Å². The number of pyridine rings is 1. The molecule has 7 heteroatoms. The van der Waals surface area contributed by atoms with Crippen molar-refractivity contribution in [1.82, 2.24) is 15.6 Å². The summed E-state index contributed by atoms with van der Waals surface area (Å²) in [5.74, 6) is -0.303. The molecule has 2 amide bonds. The van der Waals surface area contributed by atoms with Gasteiger partial charge in [0.15, 0.2) is 11.6 Å². The molecule has 1 aromatic carbocycles. The highest BCUT2D eigenvalue weighted by Gasteiger charge is 2.31. The number of fused-ring (bicyclic) bond motifs is 1. The SMILES string of the molecule is O=C(CC1NC(=O)c2ccccc21)NC1CCN(c2ncccc2F)C1. The highest BCUT2D eigenvalue weighted by molar-refractivity contribution is 5.99. The van der Waals surface area contributed by atoms with E-state index in [1.165, 1.54) is 6.07 Å². The third-order valence-corrected chi connectivity index (χ3v) is 4.87. The Bertz CT molecular complexity index is 857. The fourth-order valence-corrected chi connectivity index (χ4v) is 3.63. The summed E-state index contributed by atoms with van der Waals surface area (Å²) >= 11 is 0. The molecule has 1 aromatic heterocycles. The van der Waals surface area contributed by atoms with Gasteiger partial charge in [0.25, 0.3) is 5.91 Å². The van der Waals surface area contributed by atoms with E-state index in [9.17, 15) is 14.0 Å². The van der Waals surface area contributed by atoms with Crippen LogP contribution >= 0.6 is 0 Å². The molecule has 2 N–H and O–H groups in total. The monoisotopic (exact) mass is 354 g/mol. The second-order valence-electron chi connectivity index (χ2n) is 6.63. The lowest BCUT2D eigenvalue weighted by Crippen LogP contribution is -2.38. The molecule has 2 unspecified atom stereocenters. The van der Waals surface area contributed by atoms with Crippen LogP contribution in [-0.2, 0) is 4.79 Å². The van der Waals surface area contributed by atoms with E-state index in [1.54, 1.807) is 18.3 Å². The van der Waals surface area contributed by atoms with Crippen LogP contribution in [0.4, 0.5) is 10.2 Å². The summed E-state index contributed by atoms with van der Waals surface area (Å²) in [6, 6.07) is 9.88. The molecule has 0 bridgehead atoms. The van der Waals surface area contributed by atoms with Crippen molar-refractivity contribution in [3.63, 3.8) is 0 Å². The van der Waals surface area contributed by atoms with Crippen LogP contribution in [0.25, 0.3) is 0 Å². The maximum Gasteiger partial charge on any atom is 0.252 e. The molecule has 0 spiro atoms. The van der Waals surface area contributed by atoms with Crippen LogP contribution in [-0.4, -0.2) is 35.9 Å². The molecule has 6 nitrogen and oxygen atoms in total. The third-order valence-electron chi connectivity index (χ3n) is 4.87. The van der Waals surface area contributed by atoms with Gasteiger partial charge in [-0.3, -0.25) is 9.59 Å². The van der Waals surface area contributed by atoms with Gasteiger partial charge in [-0.2, -0.15) is 0 Å². The lowest BCUT2D eigenvalue weighted by Gasteiger charge is -2.19.